The van der Waals surface area contributed by atoms with E-state index in [-0.39, 0.29) is 0 Å². The Morgan fingerprint density at radius 3 is 2.44 bits per heavy atom. The number of benzene rings is 1. The third-order valence-electron chi connectivity index (χ3n) is 4.37. The molecule has 1 unspecified atom stereocenters. The van der Waals surface area contributed by atoms with E-state index >= 15 is 0 Å². The molecule has 2 heteroatoms. The molecule has 0 radical (unpaired) electrons. The van der Waals surface area contributed by atoms with E-state index in [9.17, 15) is 0 Å². The summed E-state index contributed by atoms with van der Waals surface area (Å²) < 4.78 is 5.21. The summed E-state index contributed by atoms with van der Waals surface area (Å²) in [6.45, 7) is 0.836. The Morgan fingerprint density at radius 2 is 2.00 bits per heavy atom. The maximum absolute atomic E-state index is 5.84. The van der Waals surface area contributed by atoms with E-state index in [2.05, 4.69) is 24.3 Å². The van der Waals surface area contributed by atoms with Crippen LogP contribution in [0.2, 0.25) is 0 Å². The Hall–Kier alpha value is -1.02. The number of rotatable bonds is 4. The zero-order valence-electron chi connectivity index (χ0n) is 9.78. The van der Waals surface area contributed by atoms with E-state index in [0.29, 0.717) is 11.3 Å². The van der Waals surface area contributed by atoms with Gasteiger partial charge in [-0.05, 0) is 55.3 Å². The van der Waals surface area contributed by atoms with Crippen LogP contribution in [0.5, 0.6) is 5.75 Å². The van der Waals surface area contributed by atoms with Gasteiger partial charge in [0, 0.05) is 5.41 Å². The first kappa shape index (κ1) is 10.2. The summed E-state index contributed by atoms with van der Waals surface area (Å²) in [5.41, 5.74) is 7.75. The van der Waals surface area contributed by atoms with E-state index in [4.69, 9.17) is 10.5 Å². The minimum Gasteiger partial charge on any atom is -0.497 e. The molecule has 2 atom stereocenters. The molecule has 0 saturated heterocycles. The van der Waals surface area contributed by atoms with Crippen LogP contribution in [0.3, 0.4) is 0 Å². The van der Waals surface area contributed by atoms with Gasteiger partial charge < -0.3 is 10.5 Å². The van der Waals surface area contributed by atoms with Gasteiger partial charge in [-0.1, -0.05) is 12.1 Å². The van der Waals surface area contributed by atoms with Crippen molar-refractivity contribution in [3.8, 4) is 5.75 Å². The molecule has 86 valence electrons. The molecule has 1 aromatic carbocycles. The number of hydrogen-bond acceptors (Lipinski definition) is 2. The quantitative estimate of drug-likeness (QED) is 0.840. The van der Waals surface area contributed by atoms with Crippen LogP contribution in [0.25, 0.3) is 0 Å². The zero-order valence-corrected chi connectivity index (χ0v) is 9.78. The second-order valence-electron chi connectivity index (χ2n) is 5.18. The molecule has 3 rings (SSSR count). The van der Waals surface area contributed by atoms with Gasteiger partial charge in [0.1, 0.15) is 5.75 Å². The summed E-state index contributed by atoms with van der Waals surface area (Å²) >= 11 is 0. The lowest BCUT2D eigenvalue weighted by molar-refractivity contribution is 0.414. The summed E-state index contributed by atoms with van der Waals surface area (Å²) in [4.78, 5) is 0. The third-order valence-corrected chi connectivity index (χ3v) is 4.37. The van der Waals surface area contributed by atoms with Crippen LogP contribution in [0.4, 0.5) is 0 Å². The van der Waals surface area contributed by atoms with Gasteiger partial charge in [-0.3, -0.25) is 0 Å². The standard InChI is InChI=1S/C14H19NO/c1-16-13-6-4-11(5-7-13)14(10-2-3-10)8-12(14)9-15/h4-7,10,12H,2-3,8-9,15H2,1H3/t12-,14?/m0/s1. The molecule has 0 bridgehead atoms. The van der Waals surface area contributed by atoms with Gasteiger partial charge in [-0.25, -0.2) is 0 Å². The number of nitrogens with two attached hydrogens (primary N) is 1. The van der Waals surface area contributed by atoms with Crippen molar-refractivity contribution in [2.24, 2.45) is 17.6 Å². The maximum Gasteiger partial charge on any atom is 0.118 e. The van der Waals surface area contributed by atoms with Gasteiger partial charge in [-0.15, -0.1) is 0 Å². The monoisotopic (exact) mass is 217 g/mol. The van der Waals surface area contributed by atoms with E-state index in [1.165, 1.54) is 24.8 Å². The van der Waals surface area contributed by atoms with Crippen LogP contribution < -0.4 is 10.5 Å². The fourth-order valence-electron chi connectivity index (χ4n) is 3.23. The highest BCUT2D eigenvalue weighted by Gasteiger charge is 2.61. The first-order valence-corrected chi connectivity index (χ1v) is 6.16. The second-order valence-corrected chi connectivity index (χ2v) is 5.18. The Kier molecular flexibility index (Phi) is 2.21. The van der Waals surface area contributed by atoms with Crippen LogP contribution in [0.15, 0.2) is 24.3 Å². The molecule has 0 amide bonds. The summed E-state index contributed by atoms with van der Waals surface area (Å²) in [5.74, 6) is 2.56. The largest absolute Gasteiger partial charge is 0.497 e. The molecule has 2 N–H and O–H groups in total. The SMILES string of the molecule is COc1ccc(C2(C3CC3)C[C@H]2CN)cc1. The van der Waals surface area contributed by atoms with Crippen molar-refractivity contribution < 1.29 is 4.74 Å². The lowest BCUT2D eigenvalue weighted by atomic mass is 9.88. The molecular weight excluding hydrogens is 198 g/mol. The summed E-state index contributed by atoms with van der Waals surface area (Å²) in [5, 5.41) is 0. The highest BCUT2D eigenvalue weighted by Crippen LogP contribution is 2.65. The predicted octanol–water partition coefficient (Wildman–Crippen LogP) is 2.32. The molecule has 2 nitrogen and oxygen atoms in total. The van der Waals surface area contributed by atoms with Crippen LogP contribution in [0, 0.1) is 11.8 Å². The molecule has 2 aliphatic rings. The first-order valence-electron chi connectivity index (χ1n) is 6.16. The molecular formula is C14H19NO. The van der Waals surface area contributed by atoms with Crippen molar-refractivity contribution in [1.29, 1.82) is 0 Å². The van der Waals surface area contributed by atoms with E-state index in [1.54, 1.807) is 7.11 Å². The number of hydrogen-bond donors (Lipinski definition) is 1. The molecule has 16 heavy (non-hydrogen) atoms. The van der Waals surface area contributed by atoms with E-state index in [1.807, 2.05) is 0 Å². The fourth-order valence-corrected chi connectivity index (χ4v) is 3.23. The Labute approximate surface area is 96.8 Å². The lowest BCUT2D eigenvalue weighted by Gasteiger charge is -2.17. The van der Waals surface area contributed by atoms with Gasteiger partial charge in [-0.2, -0.15) is 0 Å². The van der Waals surface area contributed by atoms with E-state index in [0.717, 1.165) is 18.2 Å². The molecule has 1 aromatic rings. The van der Waals surface area contributed by atoms with Gasteiger partial charge in [0.05, 0.1) is 7.11 Å². The number of ether oxygens (including phenoxy) is 1. The molecule has 2 saturated carbocycles. The average Bonchev–Trinajstić information content (AvgIpc) is 3.20. The van der Waals surface area contributed by atoms with E-state index < -0.39 is 0 Å². The average molecular weight is 217 g/mol. The highest BCUT2D eigenvalue weighted by atomic mass is 16.5. The van der Waals surface area contributed by atoms with Gasteiger partial charge >= 0.3 is 0 Å². The third kappa shape index (κ3) is 1.36. The summed E-state index contributed by atoms with van der Waals surface area (Å²) in [6, 6.07) is 8.61. The van der Waals surface area contributed by atoms with Crippen LogP contribution in [-0.4, -0.2) is 13.7 Å². The van der Waals surface area contributed by atoms with Gasteiger partial charge in [0.25, 0.3) is 0 Å². The minimum absolute atomic E-state index is 0.432. The lowest BCUT2D eigenvalue weighted by Crippen LogP contribution is -2.17. The second kappa shape index (κ2) is 3.49. The molecule has 0 heterocycles. The Bertz CT molecular complexity index is 382. The molecule has 2 aliphatic carbocycles. The topological polar surface area (TPSA) is 35.2 Å². The predicted molar refractivity (Wildman–Crippen MR) is 64.6 cm³/mol. The van der Waals surface area contributed by atoms with Crippen molar-refractivity contribution in [1.82, 2.24) is 0 Å². The van der Waals surface area contributed by atoms with Crippen molar-refractivity contribution in [2.75, 3.05) is 13.7 Å². The van der Waals surface area contributed by atoms with Crippen LogP contribution in [-0.2, 0) is 5.41 Å². The Balaban J connectivity index is 1.89. The van der Waals surface area contributed by atoms with Crippen LogP contribution in [0.1, 0.15) is 24.8 Å². The van der Waals surface area contributed by atoms with Crippen LogP contribution >= 0.6 is 0 Å². The highest BCUT2D eigenvalue weighted by molar-refractivity contribution is 5.40. The number of methoxy groups -OCH3 is 1. The smallest absolute Gasteiger partial charge is 0.118 e. The van der Waals surface area contributed by atoms with Crippen molar-refractivity contribution in [3.05, 3.63) is 29.8 Å². The van der Waals surface area contributed by atoms with Crippen molar-refractivity contribution in [2.45, 2.75) is 24.7 Å². The molecule has 2 fully saturated rings. The Morgan fingerprint density at radius 1 is 1.31 bits per heavy atom. The van der Waals surface area contributed by atoms with Gasteiger partial charge in [0.2, 0.25) is 0 Å². The maximum atomic E-state index is 5.84. The van der Waals surface area contributed by atoms with Crippen molar-refractivity contribution >= 4 is 0 Å². The minimum atomic E-state index is 0.432. The molecule has 0 spiro atoms. The molecule has 0 aromatic heterocycles. The zero-order chi connectivity index (χ0) is 11.2. The van der Waals surface area contributed by atoms with Gasteiger partial charge in [0.15, 0.2) is 0 Å². The first-order chi connectivity index (χ1) is 7.81. The normalized spacial score (nSPS) is 32.5. The fraction of sp³-hybridized carbons (Fsp3) is 0.571. The summed E-state index contributed by atoms with van der Waals surface area (Å²) in [7, 11) is 1.71. The summed E-state index contributed by atoms with van der Waals surface area (Å²) in [6.07, 6.45) is 4.07. The molecule has 0 aliphatic heterocycles. The van der Waals surface area contributed by atoms with Crippen molar-refractivity contribution in [3.63, 3.8) is 0 Å².